The monoisotopic (exact) mass is 254 g/mol. The van der Waals surface area contributed by atoms with E-state index in [-0.39, 0.29) is 12.5 Å². The zero-order valence-corrected chi connectivity index (χ0v) is 12.0. The van der Waals surface area contributed by atoms with Crippen LogP contribution in [0.3, 0.4) is 0 Å². The van der Waals surface area contributed by atoms with Crippen molar-refractivity contribution in [3.63, 3.8) is 0 Å². The van der Waals surface area contributed by atoms with Crippen LogP contribution in [0, 0.1) is 5.92 Å². The molecule has 5 heteroatoms. The van der Waals surface area contributed by atoms with Crippen LogP contribution in [0.15, 0.2) is 4.99 Å². The van der Waals surface area contributed by atoms with E-state index in [0.29, 0.717) is 6.04 Å². The standard InChI is InChI=1S/C13H26N4O/c1-5-7-10-8-11(10)16-13(14-6-2)15-9-12(18)17(3)4/h10-11H,5-9H2,1-4H3,(H2,14,15,16). The van der Waals surface area contributed by atoms with E-state index in [1.807, 2.05) is 6.92 Å². The van der Waals surface area contributed by atoms with Gasteiger partial charge in [-0.05, 0) is 25.7 Å². The van der Waals surface area contributed by atoms with Gasteiger partial charge in [-0.15, -0.1) is 0 Å². The van der Waals surface area contributed by atoms with E-state index >= 15 is 0 Å². The molecule has 0 radical (unpaired) electrons. The predicted molar refractivity (Wildman–Crippen MR) is 74.6 cm³/mol. The van der Waals surface area contributed by atoms with Crippen molar-refractivity contribution in [2.75, 3.05) is 27.2 Å². The molecule has 0 bridgehead atoms. The number of guanidine groups is 1. The average molecular weight is 254 g/mol. The summed E-state index contributed by atoms with van der Waals surface area (Å²) in [6.45, 7) is 5.26. The van der Waals surface area contributed by atoms with E-state index < -0.39 is 0 Å². The molecule has 0 saturated heterocycles. The average Bonchev–Trinajstić information content (AvgIpc) is 3.04. The van der Waals surface area contributed by atoms with Crippen molar-refractivity contribution in [1.82, 2.24) is 15.5 Å². The minimum Gasteiger partial charge on any atom is -0.357 e. The Morgan fingerprint density at radius 1 is 1.39 bits per heavy atom. The van der Waals surface area contributed by atoms with Gasteiger partial charge in [0.2, 0.25) is 5.91 Å². The van der Waals surface area contributed by atoms with Crippen molar-refractivity contribution in [3.8, 4) is 0 Å². The summed E-state index contributed by atoms with van der Waals surface area (Å²) in [4.78, 5) is 17.4. The molecule has 1 aliphatic rings. The third-order valence-electron chi connectivity index (χ3n) is 3.12. The topological polar surface area (TPSA) is 56.7 Å². The molecule has 1 amide bonds. The van der Waals surface area contributed by atoms with Gasteiger partial charge in [0.15, 0.2) is 5.96 Å². The lowest BCUT2D eigenvalue weighted by atomic mass is 10.2. The van der Waals surface area contributed by atoms with Gasteiger partial charge in [0.25, 0.3) is 0 Å². The first-order valence-electron chi connectivity index (χ1n) is 6.83. The Morgan fingerprint density at radius 3 is 2.67 bits per heavy atom. The summed E-state index contributed by atoms with van der Waals surface area (Å²) in [5.41, 5.74) is 0. The number of amides is 1. The largest absolute Gasteiger partial charge is 0.357 e. The van der Waals surface area contributed by atoms with Gasteiger partial charge in [0.1, 0.15) is 6.54 Å². The molecule has 0 aliphatic heterocycles. The molecule has 0 heterocycles. The van der Waals surface area contributed by atoms with Crippen LogP contribution in [-0.4, -0.2) is 50.0 Å². The minimum atomic E-state index is 0.0214. The van der Waals surface area contributed by atoms with Crippen LogP contribution in [0.2, 0.25) is 0 Å². The highest BCUT2D eigenvalue weighted by molar-refractivity contribution is 5.85. The lowest BCUT2D eigenvalue weighted by Gasteiger charge is -2.12. The number of likely N-dealkylation sites (N-methyl/N-ethyl adjacent to an activating group) is 1. The highest BCUT2D eigenvalue weighted by atomic mass is 16.2. The van der Waals surface area contributed by atoms with Crippen molar-refractivity contribution >= 4 is 11.9 Å². The van der Waals surface area contributed by atoms with Crippen molar-refractivity contribution in [1.29, 1.82) is 0 Å². The van der Waals surface area contributed by atoms with Gasteiger partial charge < -0.3 is 15.5 Å². The molecule has 0 spiro atoms. The fraction of sp³-hybridized carbons (Fsp3) is 0.846. The van der Waals surface area contributed by atoms with E-state index in [4.69, 9.17) is 0 Å². The number of aliphatic imine (C=N–C) groups is 1. The van der Waals surface area contributed by atoms with Gasteiger partial charge in [-0.3, -0.25) is 4.79 Å². The SMILES string of the molecule is CCCC1CC1NC(=NCC(=O)N(C)C)NCC. The fourth-order valence-electron chi connectivity index (χ4n) is 1.90. The number of hydrogen-bond acceptors (Lipinski definition) is 2. The summed E-state index contributed by atoms with van der Waals surface area (Å²) in [5, 5.41) is 6.57. The van der Waals surface area contributed by atoms with Crippen LogP contribution in [-0.2, 0) is 4.79 Å². The smallest absolute Gasteiger partial charge is 0.243 e. The van der Waals surface area contributed by atoms with E-state index in [2.05, 4.69) is 22.5 Å². The van der Waals surface area contributed by atoms with Gasteiger partial charge in [0.05, 0.1) is 0 Å². The van der Waals surface area contributed by atoms with Crippen LogP contribution in [0.1, 0.15) is 33.1 Å². The number of carbonyl (C=O) groups is 1. The van der Waals surface area contributed by atoms with Crippen LogP contribution >= 0.6 is 0 Å². The highest BCUT2D eigenvalue weighted by Crippen LogP contribution is 2.34. The lowest BCUT2D eigenvalue weighted by molar-refractivity contribution is -0.127. The Labute approximate surface area is 110 Å². The van der Waals surface area contributed by atoms with Crippen molar-refractivity contribution in [2.45, 2.75) is 39.2 Å². The van der Waals surface area contributed by atoms with Crippen LogP contribution in [0.4, 0.5) is 0 Å². The second kappa shape index (κ2) is 7.24. The summed E-state index contributed by atoms with van der Waals surface area (Å²) < 4.78 is 0. The van der Waals surface area contributed by atoms with Crippen LogP contribution < -0.4 is 10.6 Å². The van der Waals surface area contributed by atoms with E-state index in [0.717, 1.165) is 18.4 Å². The summed E-state index contributed by atoms with van der Waals surface area (Å²) in [6, 6.07) is 0.539. The van der Waals surface area contributed by atoms with Gasteiger partial charge in [-0.25, -0.2) is 4.99 Å². The molecule has 5 nitrogen and oxygen atoms in total. The van der Waals surface area contributed by atoms with Gasteiger partial charge in [-0.2, -0.15) is 0 Å². The first kappa shape index (κ1) is 14.8. The molecule has 0 aromatic rings. The maximum atomic E-state index is 11.5. The Kier molecular flexibility index (Phi) is 5.95. The highest BCUT2D eigenvalue weighted by Gasteiger charge is 2.36. The van der Waals surface area contributed by atoms with Gasteiger partial charge in [-0.1, -0.05) is 13.3 Å². The molecule has 2 N–H and O–H groups in total. The molecule has 1 saturated carbocycles. The minimum absolute atomic E-state index is 0.0214. The predicted octanol–water partition coefficient (Wildman–Crippen LogP) is 0.818. The maximum absolute atomic E-state index is 11.5. The third-order valence-corrected chi connectivity index (χ3v) is 3.12. The fourth-order valence-corrected chi connectivity index (χ4v) is 1.90. The molecule has 2 atom stereocenters. The first-order chi connectivity index (χ1) is 8.58. The van der Waals surface area contributed by atoms with E-state index in [1.54, 1.807) is 19.0 Å². The molecule has 1 aliphatic carbocycles. The maximum Gasteiger partial charge on any atom is 0.243 e. The van der Waals surface area contributed by atoms with Gasteiger partial charge in [0, 0.05) is 26.7 Å². The number of carbonyl (C=O) groups excluding carboxylic acids is 1. The molecule has 1 rings (SSSR count). The molecule has 0 aromatic carbocycles. The second-order valence-corrected chi connectivity index (χ2v) is 5.02. The molecule has 104 valence electrons. The third kappa shape index (κ3) is 4.94. The Morgan fingerprint density at radius 2 is 2.11 bits per heavy atom. The Bertz CT molecular complexity index is 301. The van der Waals surface area contributed by atoms with Gasteiger partial charge >= 0.3 is 0 Å². The zero-order valence-electron chi connectivity index (χ0n) is 12.0. The van der Waals surface area contributed by atoms with E-state index in [1.165, 1.54) is 19.3 Å². The Hall–Kier alpha value is -1.26. The molecule has 0 aromatic heterocycles. The summed E-state index contributed by atoms with van der Waals surface area (Å²) in [6.07, 6.45) is 3.73. The van der Waals surface area contributed by atoms with Crippen molar-refractivity contribution in [2.24, 2.45) is 10.9 Å². The van der Waals surface area contributed by atoms with Crippen LogP contribution in [0.25, 0.3) is 0 Å². The van der Waals surface area contributed by atoms with Crippen molar-refractivity contribution in [3.05, 3.63) is 0 Å². The lowest BCUT2D eigenvalue weighted by Crippen LogP contribution is -2.40. The Balaban J connectivity index is 2.40. The summed E-state index contributed by atoms with van der Waals surface area (Å²) >= 11 is 0. The molecule has 2 unspecified atom stereocenters. The van der Waals surface area contributed by atoms with Crippen LogP contribution in [0.5, 0.6) is 0 Å². The molecular weight excluding hydrogens is 228 g/mol. The zero-order chi connectivity index (χ0) is 13.5. The molecule has 18 heavy (non-hydrogen) atoms. The molecular formula is C13H26N4O. The van der Waals surface area contributed by atoms with E-state index in [9.17, 15) is 4.79 Å². The first-order valence-corrected chi connectivity index (χ1v) is 6.83. The normalized spacial score (nSPS) is 22.6. The number of rotatable bonds is 6. The quantitative estimate of drug-likeness (QED) is 0.545. The summed E-state index contributed by atoms with van der Waals surface area (Å²) in [5.74, 6) is 1.56. The summed E-state index contributed by atoms with van der Waals surface area (Å²) in [7, 11) is 3.49. The number of hydrogen-bond donors (Lipinski definition) is 2. The number of nitrogens with one attached hydrogen (secondary N) is 2. The second-order valence-electron chi connectivity index (χ2n) is 5.02. The molecule has 1 fully saturated rings. The van der Waals surface area contributed by atoms with Crippen molar-refractivity contribution < 1.29 is 4.79 Å². The number of nitrogens with zero attached hydrogens (tertiary/aromatic N) is 2.